The van der Waals surface area contributed by atoms with Crippen LogP contribution in [0.2, 0.25) is 0 Å². The summed E-state index contributed by atoms with van der Waals surface area (Å²) in [5, 5.41) is 14.4. The van der Waals surface area contributed by atoms with Gasteiger partial charge in [0.15, 0.2) is 0 Å². The molecule has 132 valence electrons. The predicted octanol–water partition coefficient (Wildman–Crippen LogP) is 4.99. The van der Waals surface area contributed by atoms with E-state index in [1.807, 2.05) is 30.3 Å². The molecule has 1 N–H and O–H groups in total. The number of carbonyl (C=O) groups excluding carboxylic acids is 1. The van der Waals surface area contributed by atoms with Gasteiger partial charge in [0.1, 0.15) is 16.5 Å². The summed E-state index contributed by atoms with van der Waals surface area (Å²) in [7, 11) is 1.26. The fraction of sp³-hybridized carbons (Fsp3) is 0.0556. The lowest BCUT2D eigenvalue weighted by Crippen LogP contribution is -2.04. The van der Waals surface area contributed by atoms with Crippen LogP contribution in [0, 0.1) is 15.9 Å². The summed E-state index contributed by atoms with van der Waals surface area (Å²) in [5.74, 6) is -1.29. The lowest BCUT2D eigenvalue weighted by atomic mass is 10.1. The average Bonchev–Trinajstić information content (AvgIpc) is 3.07. The van der Waals surface area contributed by atoms with Crippen molar-refractivity contribution in [2.45, 2.75) is 0 Å². The number of ether oxygens (including phenoxy) is 1. The Balaban J connectivity index is 2.06. The van der Waals surface area contributed by atoms with E-state index < -0.39 is 22.4 Å². The van der Waals surface area contributed by atoms with E-state index in [1.54, 1.807) is 6.07 Å². The van der Waals surface area contributed by atoms with Crippen molar-refractivity contribution in [3.63, 3.8) is 0 Å². The van der Waals surface area contributed by atoms with Crippen molar-refractivity contribution in [3.8, 4) is 10.4 Å². The molecule has 0 radical (unpaired) electrons. The molecule has 0 atom stereocenters. The molecule has 0 fully saturated rings. The quantitative estimate of drug-likeness (QED) is 0.387. The zero-order valence-electron chi connectivity index (χ0n) is 13.6. The van der Waals surface area contributed by atoms with Crippen LogP contribution < -0.4 is 5.32 Å². The van der Waals surface area contributed by atoms with Crippen LogP contribution in [0.4, 0.5) is 20.8 Å². The number of methoxy groups -OCH3 is 1. The lowest BCUT2D eigenvalue weighted by Gasteiger charge is -2.07. The molecule has 3 aromatic rings. The molecule has 26 heavy (non-hydrogen) atoms. The van der Waals surface area contributed by atoms with Gasteiger partial charge < -0.3 is 10.1 Å². The van der Waals surface area contributed by atoms with Gasteiger partial charge in [0.25, 0.3) is 5.69 Å². The van der Waals surface area contributed by atoms with Crippen molar-refractivity contribution in [2.75, 3.05) is 12.4 Å². The maximum Gasteiger partial charge on any atom is 0.340 e. The highest BCUT2D eigenvalue weighted by Crippen LogP contribution is 2.39. The van der Waals surface area contributed by atoms with E-state index >= 15 is 0 Å². The van der Waals surface area contributed by atoms with Gasteiger partial charge in [-0.2, -0.15) is 0 Å². The largest absolute Gasteiger partial charge is 0.465 e. The zero-order valence-corrected chi connectivity index (χ0v) is 14.4. The third kappa shape index (κ3) is 3.55. The van der Waals surface area contributed by atoms with E-state index in [2.05, 4.69) is 5.32 Å². The highest BCUT2D eigenvalue weighted by Gasteiger charge is 2.21. The molecule has 0 unspecified atom stereocenters. The second kappa shape index (κ2) is 7.32. The van der Waals surface area contributed by atoms with Crippen LogP contribution in [0.25, 0.3) is 10.4 Å². The van der Waals surface area contributed by atoms with Gasteiger partial charge in [-0.15, -0.1) is 11.3 Å². The van der Waals surface area contributed by atoms with E-state index in [-0.39, 0.29) is 11.3 Å². The molecule has 0 saturated heterocycles. The van der Waals surface area contributed by atoms with Crippen LogP contribution in [-0.4, -0.2) is 18.0 Å². The maximum atomic E-state index is 13.3. The summed E-state index contributed by atoms with van der Waals surface area (Å²) in [6, 6.07) is 14.2. The summed E-state index contributed by atoms with van der Waals surface area (Å²) in [6.07, 6.45) is 0. The fourth-order valence-electron chi connectivity index (χ4n) is 2.37. The average molecular weight is 372 g/mol. The number of nitrogens with zero attached hydrogens (tertiary/aromatic N) is 1. The third-order valence-electron chi connectivity index (χ3n) is 3.60. The summed E-state index contributed by atoms with van der Waals surface area (Å²) in [4.78, 5) is 23.4. The number of halogens is 1. The maximum absolute atomic E-state index is 13.3. The van der Waals surface area contributed by atoms with Crippen molar-refractivity contribution in [3.05, 3.63) is 76.1 Å². The van der Waals surface area contributed by atoms with Crippen molar-refractivity contribution in [1.29, 1.82) is 0 Å². The van der Waals surface area contributed by atoms with Crippen molar-refractivity contribution < 1.29 is 18.8 Å². The molecule has 0 aliphatic carbocycles. The summed E-state index contributed by atoms with van der Waals surface area (Å²) >= 11 is 1.25. The number of benzene rings is 2. The van der Waals surface area contributed by atoms with E-state index in [0.717, 1.165) is 22.6 Å². The number of hydrogen-bond acceptors (Lipinski definition) is 6. The van der Waals surface area contributed by atoms with Gasteiger partial charge >= 0.3 is 5.97 Å². The minimum atomic E-state index is -0.716. The molecule has 0 amide bonds. The summed E-state index contributed by atoms with van der Waals surface area (Å²) < 4.78 is 18.1. The van der Waals surface area contributed by atoms with E-state index in [1.165, 1.54) is 24.5 Å². The molecule has 1 heterocycles. The Morgan fingerprint density at radius 2 is 1.92 bits per heavy atom. The number of hydrogen-bond donors (Lipinski definition) is 1. The van der Waals surface area contributed by atoms with Gasteiger partial charge in [0, 0.05) is 4.88 Å². The monoisotopic (exact) mass is 372 g/mol. The zero-order chi connectivity index (χ0) is 18.7. The van der Waals surface area contributed by atoms with Gasteiger partial charge in [-0.3, -0.25) is 10.1 Å². The number of esters is 1. The Morgan fingerprint density at radius 1 is 1.19 bits per heavy atom. The molecule has 0 aliphatic rings. The summed E-state index contributed by atoms with van der Waals surface area (Å²) in [5.41, 5.74) is 0.803. The molecule has 1 aromatic heterocycles. The molecule has 0 spiro atoms. The number of nitrogens with one attached hydrogen (secondary N) is 1. The van der Waals surface area contributed by atoms with E-state index in [9.17, 15) is 19.3 Å². The number of thiophene rings is 1. The molecule has 0 saturated carbocycles. The highest BCUT2D eigenvalue weighted by atomic mass is 32.1. The van der Waals surface area contributed by atoms with Crippen LogP contribution >= 0.6 is 11.3 Å². The Kier molecular flexibility index (Phi) is 4.94. The van der Waals surface area contributed by atoms with Crippen LogP contribution in [0.1, 0.15) is 10.4 Å². The molecule has 3 rings (SSSR count). The van der Waals surface area contributed by atoms with Crippen molar-refractivity contribution in [2.24, 2.45) is 0 Å². The topological polar surface area (TPSA) is 81.5 Å². The molecule has 0 bridgehead atoms. The third-order valence-corrected chi connectivity index (χ3v) is 4.70. The van der Waals surface area contributed by atoms with E-state index in [4.69, 9.17) is 4.74 Å². The molecule has 2 aromatic carbocycles. The standard InChI is InChI=1S/C18H13FN2O4S/c1-25-18(22)13-10-16(11-5-3-2-4-6-11)26-17(13)20-14-8-7-12(19)9-15(14)21(23)24/h2-10,20H,1H3. The summed E-state index contributed by atoms with van der Waals surface area (Å²) in [6.45, 7) is 0. The first-order valence-electron chi connectivity index (χ1n) is 7.48. The minimum Gasteiger partial charge on any atom is -0.465 e. The normalized spacial score (nSPS) is 10.4. The van der Waals surface area contributed by atoms with Crippen molar-refractivity contribution in [1.82, 2.24) is 0 Å². The fourth-order valence-corrected chi connectivity index (χ4v) is 3.44. The second-order valence-corrected chi connectivity index (χ2v) is 6.31. The SMILES string of the molecule is COC(=O)c1cc(-c2ccccc2)sc1Nc1ccc(F)cc1[N+](=O)[O-]. The van der Waals surface area contributed by atoms with Gasteiger partial charge in [-0.05, 0) is 23.8 Å². The van der Waals surface area contributed by atoms with Crippen LogP contribution in [0.5, 0.6) is 0 Å². The van der Waals surface area contributed by atoms with Crippen LogP contribution in [0.3, 0.4) is 0 Å². The Hall–Kier alpha value is -3.26. The molecule has 8 heteroatoms. The van der Waals surface area contributed by atoms with Gasteiger partial charge in [0.2, 0.25) is 0 Å². The first kappa shape index (κ1) is 17.6. The molecular weight excluding hydrogens is 359 g/mol. The van der Waals surface area contributed by atoms with Gasteiger partial charge in [-0.25, -0.2) is 9.18 Å². The van der Waals surface area contributed by atoms with Gasteiger partial charge in [0.05, 0.1) is 23.7 Å². The Morgan fingerprint density at radius 3 is 2.58 bits per heavy atom. The number of rotatable bonds is 5. The first-order chi connectivity index (χ1) is 12.5. The van der Waals surface area contributed by atoms with Crippen molar-refractivity contribution >= 4 is 33.7 Å². The number of nitro benzene ring substituents is 1. The van der Waals surface area contributed by atoms with E-state index in [0.29, 0.717) is 5.00 Å². The molecule has 6 nitrogen and oxygen atoms in total. The Bertz CT molecular complexity index is 973. The Labute approximate surface area is 152 Å². The molecule has 0 aliphatic heterocycles. The van der Waals surface area contributed by atoms with Crippen LogP contribution in [0.15, 0.2) is 54.6 Å². The molecular formula is C18H13FN2O4S. The van der Waals surface area contributed by atoms with Gasteiger partial charge in [-0.1, -0.05) is 30.3 Å². The minimum absolute atomic E-state index is 0.0861. The first-order valence-corrected chi connectivity index (χ1v) is 8.30. The second-order valence-electron chi connectivity index (χ2n) is 5.25. The number of anilines is 2. The predicted molar refractivity (Wildman–Crippen MR) is 97.4 cm³/mol. The smallest absolute Gasteiger partial charge is 0.340 e. The number of carbonyl (C=O) groups is 1. The van der Waals surface area contributed by atoms with Crippen LogP contribution in [-0.2, 0) is 4.74 Å². The number of nitro groups is 1. The highest BCUT2D eigenvalue weighted by molar-refractivity contribution is 7.19. The lowest BCUT2D eigenvalue weighted by molar-refractivity contribution is -0.384.